The first kappa shape index (κ1) is 22.1. The molecular weight excluding hydrogens is 372 g/mol. The highest BCUT2D eigenvalue weighted by Crippen LogP contribution is 2.20. The number of rotatable bonds is 7. The normalized spacial score (nSPS) is 19.1. The highest BCUT2D eigenvalue weighted by atomic mass is 16.5. The van der Waals surface area contributed by atoms with Crippen LogP contribution in [0.2, 0.25) is 0 Å². The molecule has 0 bridgehead atoms. The minimum absolute atomic E-state index is 0.151. The molecule has 162 valence electrons. The molecule has 1 fully saturated rings. The Balaban J connectivity index is 1.62. The Morgan fingerprint density at radius 3 is 2.31 bits per heavy atom. The lowest BCUT2D eigenvalue weighted by atomic mass is 10.2. The van der Waals surface area contributed by atoms with E-state index in [0.29, 0.717) is 52.2 Å². The molecule has 8 nitrogen and oxygen atoms in total. The summed E-state index contributed by atoms with van der Waals surface area (Å²) in [6.07, 6.45) is 0.671. The second-order valence-electron chi connectivity index (χ2n) is 7.67. The molecule has 1 aromatic heterocycles. The van der Waals surface area contributed by atoms with E-state index in [9.17, 15) is 0 Å². The van der Waals surface area contributed by atoms with E-state index in [1.807, 2.05) is 28.9 Å². The smallest absolute Gasteiger partial charge is 0.153 e. The first-order chi connectivity index (χ1) is 14.2. The molecule has 0 spiro atoms. The van der Waals surface area contributed by atoms with Crippen LogP contribution in [0, 0.1) is 5.92 Å². The number of benzene rings is 1. The number of aromatic nitrogens is 3. The van der Waals surface area contributed by atoms with E-state index in [0.717, 1.165) is 37.1 Å². The van der Waals surface area contributed by atoms with Gasteiger partial charge in [0.15, 0.2) is 6.23 Å². The Hall–Kier alpha value is -1.58. The molecule has 8 heteroatoms. The molecule has 1 aliphatic heterocycles. The van der Waals surface area contributed by atoms with Crippen LogP contribution in [0.4, 0.5) is 0 Å². The highest BCUT2D eigenvalue weighted by Gasteiger charge is 2.18. The molecule has 0 N–H and O–H groups in total. The lowest BCUT2D eigenvalue weighted by molar-refractivity contribution is -0.0347. The van der Waals surface area contributed by atoms with Gasteiger partial charge in [0.05, 0.1) is 51.8 Å². The van der Waals surface area contributed by atoms with Crippen molar-refractivity contribution >= 4 is 11.0 Å². The Morgan fingerprint density at radius 1 is 0.966 bits per heavy atom. The van der Waals surface area contributed by atoms with E-state index in [-0.39, 0.29) is 6.23 Å². The molecule has 1 unspecified atom stereocenters. The van der Waals surface area contributed by atoms with Gasteiger partial charge in [0, 0.05) is 26.1 Å². The molecule has 0 radical (unpaired) electrons. The predicted molar refractivity (Wildman–Crippen MR) is 111 cm³/mol. The fourth-order valence-electron chi connectivity index (χ4n) is 3.24. The molecule has 2 aromatic rings. The molecule has 1 aromatic carbocycles. The molecule has 1 saturated heterocycles. The van der Waals surface area contributed by atoms with Gasteiger partial charge in [-0.05, 0) is 18.1 Å². The largest absolute Gasteiger partial charge is 0.378 e. The average molecular weight is 407 g/mol. The van der Waals surface area contributed by atoms with E-state index in [2.05, 4.69) is 29.1 Å². The Bertz CT molecular complexity index is 697. The van der Waals surface area contributed by atoms with Crippen LogP contribution in [0.25, 0.3) is 11.0 Å². The van der Waals surface area contributed by atoms with Crippen LogP contribution in [0.15, 0.2) is 24.3 Å². The summed E-state index contributed by atoms with van der Waals surface area (Å²) in [6.45, 7) is 11.5. The number of nitrogens with zero attached hydrogens (tertiary/aromatic N) is 4. The molecule has 29 heavy (non-hydrogen) atoms. The molecule has 3 rings (SSSR count). The van der Waals surface area contributed by atoms with Crippen molar-refractivity contribution in [1.82, 2.24) is 19.9 Å². The van der Waals surface area contributed by atoms with Crippen molar-refractivity contribution in [3.05, 3.63) is 24.3 Å². The van der Waals surface area contributed by atoms with Crippen LogP contribution >= 0.6 is 0 Å². The molecule has 1 atom stereocenters. The SMILES string of the molecule is CC(C)COC(CCN1CCOCCOCCOCC1)n1nnc2ccccc21. The third kappa shape index (κ3) is 7.31. The third-order valence-corrected chi connectivity index (χ3v) is 4.81. The van der Waals surface area contributed by atoms with Crippen LogP contribution in [-0.4, -0.2) is 85.8 Å². The lowest BCUT2D eigenvalue weighted by Crippen LogP contribution is -2.34. The Morgan fingerprint density at radius 2 is 1.62 bits per heavy atom. The van der Waals surface area contributed by atoms with Crippen molar-refractivity contribution in [2.45, 2.75) is 26.5 Å². The first-order valence-electron chi connectivity index (χ1n) is 10.6. The maximum atomic E-state index is 6.24. The summed E-state index contributed by atoms with van der Waals surface area (Å²) in [5.41, 5.74) is 1.89. The van der Waals surface area contributed by atoms with E-state index >= 15 is 0 Å². The first-order valence-corrected chi connectivity index (χ1v) is 10.6. The minimum Gasteiger partial charge on any atom is -0.378 e. The van der Waals surface area contributed by atoms with Crippen molar-refractivity contribution in [2.75, 3.05) is 65.9 Å². The number of hydrogen-bond acceptors (Lipinski definition) is 7. The molecule has 1 aliphatic rings. The molecular formula is C21H34N4O4. The van der Waals surface area contributed by atoms with Crippen molar-refractivity contribution in [2.24, 2.45) is 5.92 Å². The van der Waals surface area contributed by atoms with E-state index in [1.165, 1.54) is 0 Å². The fraction of sp³-hybridized carbons (Fsp3) is 0.714. The zero-order chi connectivity index (χ0) is 20.3. The van der Waals surface area contributed by atoms with Crippen LogP contribution in [0.5, 0.6) is 0 Å². The maximum Gasteiger partial charge on any atom is 0.153 e. The van der Waals surface area contributed by atoms with Gasteiger partial charge in [0.1, 0.15) is 5.52 Å². The highest BCUT2D eigenvalue weighted by molar-refractivity contribution is 5.73. The maximum absolute atomic E-state index is 6.24. The monoisotopic (exact) mass is 406 g/mol. The number of hydrogen-bond donors (Lipinski definition) is 0. The van der Waals surface area contributed by atoms with Gasteiger partial charge in [0.25, 0.3) is 0 Å². The fourth-order valence-corrected chi connectivity index (χ4v) is 3.24. The van der Waals surface area contributed by atoms with Crippen LogP contribution < -0.4 is 0 Å². The van der Waals surface area contributed by atoms with Crippen molar-refractivity contribution < 1.29 is 18.9 Å². The topological polar surface area (TPSA) is 70.9 Å². The number of ether oxygens (including phenoxy) is 4. The Labute approximate surface area is 173 Å². The second-order valence-corrected chi connectivity index (χ2v) is 7.67. The second kappa shape index (κ2) is 12.2. The number of para-hydroxylation sites is 1. The van der Waals surface area contributed by atoms with Gasteiger partial charge in [-0.3, -0.25) is 4.90 Å². The van der Waals surface area contributed by atoms with Gasteiger partial charge < -0.3 is 18.9 Å². The zero-order valence-corrected chi connectivity index (χ0v) is 17.7. The third-order valence-electron chi connectivity index (χ3n) is 4.81. The summed E-state index contributed by atoms with van der Waals surface area (Å²) < 4.78 is 25.0. The van der Waals surface area contributed by atoms with Gasteiger partial charge >= 0.3 is 0 Å². The molecule has 0 amide bonds. The molecule has 0 saturated carbocycles. The predicted octanol–water partition coefficient (Wildman–Crippen LogP) is 2.36. The summed E-state index contributed by atoms with van der Waals surface area (Å²) in [5.74, 6) is 0.456. The van der Waals surface area contributed by atoms with Crippen LogP contribution in [-0.2, 0) is 18.9 Å². The summed E-state index contributed by atoms with van der Waals surface area (Å²) >= 11 is 0. The summed E-state index contributed by atoms with van der Waals surface area (Å²) in [7, 11) is 0. The average Bonchev–Trinajstić information content (AvgIpc) is 3.13. The molecule has 0 aliphatic carbocycles. The van der Waals surface area contributed by atoms with Gasteiger partial charge in [0.2, 0.25) is 0 Å². The van der Waals surface area contributed by atoms with Crippen LogP contribution in [0.1, 0.15) is 26.5 Å². The molecule has 2 heterocycles. The zero-order valence-electron chi connectivity index (χ0n) is 17.7. The minimum atomic E-state index is -0.151. The Kier molecular flexibility index (Phi) is 9.30. The van der Waals surface area contributed by atoms with Gasteiger partial charge in [-0.15, -0.1) is 5.10 Å². The summed E-state index contributed by atoms with van der Waals surface area (Å²) in [6, 6.07) is 8.01. The summed E-state index contributed by atoms with van der Waals surface area (Å²) in [5, 5.41) is 8.68. The van der Waals surface area contributed by atoms with Crippen molar-refractivity contribution in [3.8, 4) is 0 Å². The van der Waals surface area contributed by atoms with Crippen molar-refractivity contribution in [3.63, 3.8) is 0 Å². The van der Waals surface area contributed by atoms with E-state index in [4.69, 9.17) is 18.9 Å². The van der Waals surface area contributed by atoms with Gasteiger partial charge in [-0.25, -0.2) is 4.68 Å². The lowest BCUT2D eigenvalue weighted by Gasteiger charge is -2.26. The number of fused-ring (bicyclic) bond motifs is 1. The van der Waals surface area contributed by atoms with Crippen LogP contribution in [0.3, 0.4) is 0 Å². The quantitative estimate of drug-likeness (QED) is 0.699. The van der Waals surface area contributed by atoms with E-state index in [1.54, 1.807) is 0 Å². The summed E-state index contributed by atoms with van der Waals surface area (Å²) in [4.78, 5) is 2.37. The standard InChI is InChI=1S/C21H34N4O4/c1-18(2)17-29-21(25-20-6-4-3-5-19(20)22-23-25)7-8-24-9-11-26-13-15-28-16-14-27-12-10-24/h3-6,18,21H,7-17H2,1-2H3. The van der Waals surface area contributed by atoms with Gasteiger partial charge in [-0.1, -0.05) is 31.2 Å². The van der Waals surface area contributed by atoms with E-state index < -0.39 is 0 Å². The van der Waals surface area contributed by atoms with Gasteiger partial charge in [-0.2, -0.15) is 0 Å². The van der Waals surface area contributed by atoms with Crippen molar-refractivity contribution in [1.29, 1.82) is 0 Å².